The van der Waals surface area contributed by atoms with Crippen LogP contribution in [0.2, 0.25) is 0 Å². The highest BCUT2D eigenvalue weighted by Gasteiger charge is 2.07. The molecule has 0 aliphatic heterocycles. The Kier molecular flexibility index (Phi) is 7.19. The fourth-order valence-electron chi connectivity index (χ4n) is 2.97. The molecular weight excluding hydrogens is 428 g/mol. The number of hydrogen-bond donors (Lipinski definition) is 2. The van der Waals surface area contributed by atoms with Crippen molar-refractivity contribution >= 4 is 33.4 Å². The molecule has 0 aromatic heterocycles. The van der Waals surface area contributed by atoms with Crippen LogP contribution >= 0.6 is 15.9 Å². The summed E-state index contributed by atoms with van der Waals surface area (Å²) in [5.74, 6) is -0.177. The molecule has 0 unspecified atom stereocenters. The van der Waals surface area contributed by atoms with Gasteiger partial charge in [-0.05, 0) is 60.9 Å². The normalized spacial score (nSPS) is 10.4. The number of anilines is 1. The minimum absolute atomic E-state index is 0.00991. The third-order valence-electron chi connectivity index (χ3n) is 4.50. The zero-order valence-corrected chi connectivity index (χ0v) is 17.8. The molecule has 0 aliphatic rings. The second kappa shape index (κ2) is 10.0. The van der Waals surface area contributed by atoms with Gasteiger partial charge in [-0.2, -0.15) is 0 Å². The molecule has 0 heterocycles. The van der Waals surface area contributed by atoms with Crippen LogP contribution in [0.5, 0.6) is 0 Å². The summed E-state index contributed by atoms with van der Waals surface area (Å²) in [6.45, 7) is 2.68. The average molecular weight is 451 g/mol. The van der Waals surface area contributed by atoms with E-state index in [0.717, 1.165) is 16.5 Å². The summed E-state index contributed by atoms with van der Waals surface area (Å²) in [7, 11) is 0. The van der Waals surface area contributed by atoms with E-state index in [1.165, 1.54) is 11.1 Å². The van der Waals surface area contributed by atoms with Gasteiger partial charge in [-0.3, -0.25) is 9.59 Å². The number of carbonyl (C=O) groups is 2. The highest BCUT2D eigenvalue weighted by atomic mass is 79.9. The molecule has 2 N–H and O–H groups in total. The molecule has 0 saturated carbocycles. The highest BCUT2D eigenvalue weighted by Crippen LogP contribution is 2.14. The van der Waals surface area contributed by atoms with Crippen molar-refractivity contribution in [2.45, 2.75) is 19.8 Å². The van der Waals surface area contributed by atoms with E-state index in [-0.39, 0.29) is 11.8 Å². The topological polar surface area (TPSA) is 58.2 Å². The lowest BCUT2D eigenvalue weighted by Gasteiger charge is -2.08. The Labute approximate surface area is 179 Å². The van der Waals surface area contributed by atoms with Gasteiger partial charge >= 0.3 is 0 Å². The maximum absolute atomic E-state index is 12.3. The van der Waals surface area contributed by atoms with Gasteiger partial charge in [0.05, 0.1) is 6.42 Å². The molecule has 0 atom stereocenters. The zero-order valence-electron chi connectivity index (χ0n) is 16.2. The van der Waals surface area contributed by atoms with E-state index < -0.39 is 0 Å². The maximum atomic E-state index is 12.3. The van der Waals surface area contributed by atoms with Crippen molar-refractivity contribution in [3.63, 3.8) is 0 Å². The Hall–Kier alpha value is -2.92. The predicted molar refractivity (Wildman–Crippen MR) is 120 cm³/mol. The van der Waals surface area contributed by atoms with E-state index in [4.69, 9.17) is 0 Å². The number of amides is 2. The Morgan fingerprint density at radius 1 is 0.897 bits per heavy atom. The van der Waals surface area contributed by atoms with Crippen LogP contribution < -0.4 is 10.6 Å². The number of halogens is 1. The number of carbonyl (C=O) groups excluding carboxylic acids is 2. The third kappa shape index (κ3) is 6.57. The van der Waals surface area contributed by atoms with E-state index in [1.54, 1.807) is 12.1 Å². The van der Waals surface area contributed by atoms with Crippen molar-refractivity contribution in [1.82, 2.24) is 5.32 Å². The van der Waals surface area contributed by atoms with Gasteiger partial charge in [-0.25, -0.2) is 0 Å². The first-order valence-electron chi connectivity index (χ1n) is 9.48. The average Bonchev–Trinajstić information content (AvgIpc) is 2.70. The molecule has 29 heavy (non-hydrogen) atoms. The van der Waals surface area contributed by atoms with Gasteiger partial charge in [0.2, 0.25) is 5.91 Å². The SMILES string of the molecule is Cc1cccc(CCNC(=O)Cc2ccc(NC(=O)c3ccc(Br)cc3)cc2)c1. The number of hydrogen-bond acceptors (Lipinski definition) is 2. The number of benzene rings is 3. The minimum Gasteiger partial charge on any atom is -0.355 e. The molecular formula is C24H23BrN2O2. The lowest BCUT2D eigenvalue weighted by Crippen LogP contribution is -2.27. The molecule has 0 spiro atoms. The van der Waals surface area contributed by atoms with Gasteiger partial charge in [0.15, 0.2) is 0 Å². The minimum atomic E-state index is -0.167. The second-order valence-corrected chi connectivity index (χ2v) is 7.84. The molecule has 3 aromatic carbocycles. The molecule has 3 aromatic rings. The summed E-state index contributed by atoms with van der Waals surface area (Å²) in [6, 6.07) is 22.8. The van der Waals surface area contributed by atoms with Gasteiger partial charge in [0.1, 0.15) is 0 Å². The molecule has 148 valence electrons. The number of aryl methyl sites for hydroxylation is 1. The van der Waals surface area contributed by atoms with Gasteiger partial charge < -0.3 is 10.6 Å². The molecule has 0 bridgehead atoms. The van der Waals surface area contributed by atoms with Crippen molar-refractivity contribution < 1.29 is 9.59 Å². The van der Waals surface area contributed by atoms with Crippen LogP contribution in [0.15, 0.2) is 77.3 Å². The predicted octanol–water partition coefficient (Wildman–Crippen LogP) is 4.91. The monoisotopic (exact) mass is 450 g/mol. The summed E-state index contributed by atoms with van der Waals surface area (Å²) >= 11 is 3.35. The van der Waals surface area contributed by atoms with Gasteiger partial charge in [0, 0.05) is 22.3 Å². The smallest absolute Gasteiger partial charge is 0.255 e. The van der Waals surface area contributed by atoms with E-state index in [1.807, 2.05) is 42.5 Å². The standard InChI is InChI=1S/C24H23BrN2O2/c1-17-3-2-4-18(15-17)13-14-26-23(28)16-19-5-11-22(12-6-19)27-24(29)20-7-9-21(25)10-8-20/h2-12,15H,13-14,16H2,1H3,(H,26,28)(H,27,29). The maximum Gasteiger partial charge on any atom is 0.255 e. The molecule has 0 saturated heterocycles. The van der Waals surface area contributed by atoms with Crippen LogP contribution in [0.1, 0.15) is 27.0 Å². The van der Waals surface area contributed by atoms with Crippen molar-refractivity contribution in [2.75, 3.05) is 11.9 Å². The quantitative estimate of drug-likeness (QED) is 0.536. The number of nitrogens with one attached hydrogen (secondary N) is 2. The summed E-state index contributed by atoms with van der Waals surface area (Å²) in [4.78, 5) is 24.4. The molecule has 0 fully saturated rings. The zero-order chi connectivity index (χ0) is 20.6. The van der Waals surface area contributed by atoms with E-state index >= 15 is 0 Å². The summed E-state index contributed by atoms with van der Waals surface area (Å²) in [6.07, 6.45) is 1.13. The van der Waals surface area contributed by atoms with Crippen molar-refractivity contribution in [3.05, 3.63) is 99.5 Å². The lowest BCUT2D eigenvalue weighted by atomic mass is 10.1. The van der Waals surface area contributed by atoms with Gasteiger partial charge in [0.25, 0.3) is 5.91 Å². The fourth-order valence-corrected chi connectivity index (χ4v) is 3.24. The number of rotatable bonds is 7. The second-order valence-electron chi connectivity index (χ2n) is 6.92. The first kappa shape index (κ1) is 20.8. The fraction of sp³-hybridized carbons (Fsp3) is 0.167. The van der Waals surface area contributed by atoms with Gasteiger partial charge in [-0.1, -0.05) is 57.9 Å². The van der Waals surface area contributed by atoms with Crippen LogP contribution in [0.25, 0.3) is 0 Å². The Balaban J connectivity index is 1.46. The van der Waals surface area contributed by atoms with Crippen molar-refractivity contribution in [2.24, 2.45) is 0 Å². The largest absolute Gasteiger partial charge is 0.355 e. The Bertz CT molecular complexity index is 983. The van der Waals surface area contributed by atoms with Crippen LogP contribution in [0, 0.1) is 6.92 Å². The summed E-state index contributed by atoms with van der Waals surface area (Å²) in [5, 5.41) is 5.82. The van der Waals surface area contributed by atoms with E-state index in [2.05, 4.69) is 51.7 Å². The van der Waals surface area contributed by atoms with E-state index in [0.29, 0.717) is 24.2 Å². The third-order valence-corrected chi connectivity index (χ3v) is 5.03. The molecule has 5 heteroatoms. The van der Waals surface area contributed by atoms with Crippen LogP contribution in [0.4, 0.5) is 5.69 Å². The van der Waals surface area contributed by atoms with E-state index in [9.17, 15) is 9.59 Å². The molecule has 0 aliphatic carbocycles. The lowest BCUT2D eigenvalue weighted by molar-refractivity contribution is -0.120. The summed E-state index contributed by atoms with van der Waals surface area (Å²) < 4.78 is 0.926. The Morgan fingerprint density at radius 3 is 2.31 bits per heavy atom. The van der Waals surface area contributed by atoms with Crippen LogP contribution in [-0.2, 0) is 17.6 Å². The van der Waals surface area contributed by atoms with Crippen LogP contribution in [-0.4, -0.2) is 18.4 Å². The molecule has 3 rings (SSSR count). The first-order chi connectivity index (χ1) is 14.0. The summed E-state index contributed by atoms with van der Waals surface area (Å²) in [5.41, 5.74) is 4.63. The molecule has 4 nitrogen and oxygen atoms in total. The molecule has 2 amide bonds. The Morgan fingerprint density at radius 2 is 1.62 bits per heavy atom. The molecule has 0 radical (unpaired) electrons. The highest BCUT2D eigenvalue weighted by molar-refractivity contribution is 9.10. The van der Waals surface area contributed by atoms with Crippen molar-refractivity contribution in [1.29, 1.82) is 0 Å². The van der Waals surface area contributed by atoms with Crippen LogP contribution in [0.3, 0.4) is 0 Å². The van der Waals surface area contributed by atoms with Gasteiger partial charge in [-0.15, -0.1) is 0 Å². The van der Waals surface area contributed by atoms with Crippen molar-refractivity contribution in [3.8, 4) is 0 Å². The first-order valence-corrected chi connectivity index (χ1v) is 10.3.